The van der Waals surface area contributed by atoms with Gasteiger partial charge in [-0.15, -0.1) is 11.3 Å². The largest absolute Gasteiger partial charge is 0.394 e. The molecular formula is C14H22N4S. The molecule has 0 unspecified atom stereocenters. The zero-order chi connectivity index (χ0) is 14.0. The minimum atomic E-state index is 0.348. The Balaban J connectivity index is 2.33. The van der Waals surface area contributed by atoms with Crippen molar-refractivity contribution in [1.82, 2.24) is 9.78 Å². The molecule has 2 aromatic heterocycles. The fourth-order valence-electron chi connectivity index (χ4n) is 2.28. The summed E-state index contributed by atoms with van der Waals surface area (Å²) in [6.45, 7) is 8.19. The average Bonchev–Trinajstić information content (AvgIpc) is 2.95. The second-order valence-electron chi connectivity index (χ2n) is 4.99. The molecule has 0 amide bonds. The van der Waals surface area contributed by atoms with E-state index in [4.69, 9.17) is 5.73 Å². The molecule has 2 rings (SSSR count). The Hall–Kier alpha value is -1.49. The van der Waals surface area contributed by atoms with Crippen molar-refractivity contribution in [3.63, 3.8) is 0 Å². The fourth-order valence-corrected chi connectivity index (χ4v) is 3.00. The standard InChI is InChI=1S/C14H22N4S/c1-5-18(9-11-7-6-8-19-11)14-12(15)13(10(2)3)16-17(14)4/h6-8,10H,5,9,15H2,1-4H3. The van der Waals surface area contributed by atoms with E-state index in [2.05, 4.69) is 48.3 Å². The lowest BCUT2D eigenvalue weighted by atomic mass is 10.1. The van der Waals surface area contributed by atoms with Gasteiger partial charge in [0.1, 0.15) is 0 Å². The first kappa shape index (κ1) is 13.9. The highest BCUT2D eigenvalue weighted by Gasteiger charge is 2.20. The molecule has 19 heavy (non-hydrogen) atoms. The number of aryl methyl sites for hydroxylation is 1. The predicted molar refractivity (Wildman–Crippen MR) is 82.8 cm³/mol. The van der Waals surface area contributed by atoms with Crippen molar-refractivity contribution in [3.05, 3.63) is 28.1 Å². The molecule has 0 fully saturated rings. The van der Waals surface area contributed by atoms with Crippen molar-refractivity contribution in [1.29, 1.82) is 0 Å². The average molecular weight is 278 g/mol. The Bertz CT molecular complexity index is 528. The summed E-state index contributed by atoms with van der Waals surface area (Å²) in [7, 11) is 1.97. The number of nitrogen functional groups attached to an aromatic ring is 1. The summed E-state index contributed by atoms with van der Waals surface area (Å²) in [4.78, 5) is 3.62. The quantitative estimate of drug-likeness (QED) is 0.913. The SMILES string of the molecule is CCN(Cc1cccs1)c1c(N)c(C(C)C)nn1C. The summed E-state index contributed by atoms with van der Waals surface area (Å²) >= 11 is 1.77. The number of aromatic nitrogens is 2. The van der Waals surface area contributed by atoms with E-state index >= 15 is 0 Å². The number of anilines is 2. The highest BCUT2D eigenvalue weighted by molar-refractivity contribution is 7.09. The molecule has 0 aliphatic rings. The summed E-state index contributed by atoms with van der Waals surface area (Å²) in [6.07, 6.45) is 0. The van der Waals surface area contributed by atoms with Crippen LogP contribution in [0.25, 0.3) is 0 Å². The molecule has 0 bridgehead atoms. The van der Waals surface area contributed by atoms with Gasteiger partial charge in [-0.05, 0) is 24.3 Å². The Morgan fingerprint density at radius 1 is 1.47 bits per heavy atom. The first-order chi connectivity index (χ1) is 9.04. The zero-order valence-electron chi connectivity index (χ0n) is 12.1. The van der Waals surface area contributed by atoms with E-state index in [0.29, 0.717) is 5.92 Å². The van der Waals surface area contributed by atoms with Crippen molar-refractivity contribution in [3.8, 4) is 0 Å². The van der Waals surface area contributed by atoms with Crippen molar-refractivity contribution in [2.75, 3.05) is 17.2 Å². The summed E-state index contributed by atoms with van der Waals surface area (Å²) in [6, 6.07) is 4.24. The molecule has 0 radical (unpaired) electrons. The minimum absolute atomic E-state index is 0.348. The summed E-state index contributed by atoms with van der Waals surface area (Å²) in [5.74, 6) is 1.37. The summed E-state index contributed by atoms with van der Waals surface area (Å²) in [5, 5.41) is 6.67. The summed E-state index contributed by atoms with van der Waals surface area (Å²) < 4.78 is 1.90. The van der Waals surface area contributed by atoms with Crippen LogP contribution in [0.1, 0.15) is 37.3 Å². The molecule has 2 aromatic rings. The Morgan fingerprint density at radius 2 is 2.21 bits per heavy atom. The highest BCUT2D eigenvalue weighted by atomic mass is 32.1. The van der Waals surface area contributed by atoms with Crippen LogP contribution in [0.3, 0.4) is 0 Å². The second kappa shape index (κ2) is 5.65. The van der Waals surface area contributed by atoms with Gasteiger partial charge in [0, 0.05) is 18.5 Å². The van der Waals surface area contributed by atoms with E-state index in [1.807, 2.05) is 11.7 Å². The topological polar surface area (TPSA) is 47.1 Å². The highest BCUT2D eigenvalue weighted by Crippen LogP contribution is 2.31. The van der Waals surface area contributed by atoms with Gasteiger partial charge in [-0.1, -0.05) is 19.9 Å². The maximum atomic E-state index is 6.29. The van der Waals surface area contributed by atoms with Crippen molar-refractivity contribution < 1.29 is 0 Å². The third-order valence-corrected chi connectivity index (χ3v) is 4.10. The fraction of sp³-hybridized carbons (Fsp3) is 0.500. The van der Waals surface area contributed by atoms with E-state index in [0.717, 1.165) is 30.3 Å². The first-order valence-electron chi connectivity index (χ1n) is 6.64. The van der Waals surface area contributed by atoms with Crippen molar-refractivity contribution in [2.24, 2.45) is 7.05 Å². The number of thiophene rings is 1. The Labute approximate surface area is 118 Å². The molecule has 2 N–H and O–H groups in total. The van der Waals surface area contributed by atoms with Gasteiger partial charge in [-0.3, -0.25) is 4.68 Å². The van der Waals surface area contributed by atoms with Crippen LogP contribution in [-0.4, -0.2) is 16.3 Å². The normalized spacial score (nSPS) is 11.2. The Kier molecular flexibility index (Phi) is 4.14. The molecule has 0 aliphatic carbocycles. The van der Waals surface area contributed by atoms with Gasteiger partial charge in [0.15, 0.2) is 5.82 Å². The van der Waals surface area contributed by atoms with Crippen LogP contribution >= 0.6 is 11.3 Å². The smallest absolute Gasteiger partial charge is 0.150 e. The molecular weight excluding hydrogens is 256 g/mol. The number of nitrogens with two attached hydrogens (primary N) is 1. The minimum Gasteiger partial charge on any atom is -0.394 e. The van der Waals surface area contributed by atoms with Gasteiger partial charge in [-0.25, -0.2) is 0 Å². The van der Waals surface area contributed by atoms with Crippen molar-refractivity contribution in [2.45, 2.75) is 33.2 Å². The van der Waals surface area contributed by atoms with Crippen molar-refractivity contribution >= 4 is 22.8 Å². The van der Waals surface area contributed by atoms with Crippen LogP contribution in [-0.2, 0) is 13.6 Å². The van der Waals surface area contributed by atoms with Gasteiger partial charge in [0.2, 0.25) is 0 Å². The third kappa shape index (κ3) is 2.76. The van der Waals surface area contributed by atoms with E-state index in [1.54, 1.807) is 11.3 Å². The lowest BCUT2D eigenvalue weighted by Gasteiger charge is -2.23. The molecule has 5 heteroatoms. The van der Waals surface area contributed by atoms with Gasteiger partial charge < -0.3 is 10.6 Å². The molecule has 0 spiro atoms. The second-order valence-corrected chi connectivity index (χ2v) is 6.03. The predicted octanol–water partition coefficient (Wildman–Crippen LogP) is 3.21. The molecule has 0 saturated carbocycles. The molecule has 2 heterocycles. The van der Waals surface area contributed by atoms with Gasteiger partial charge in [-0.2, -0.15) is 5.10 Å². The van der Waals surface area contributed by atoms with Gasteiger partial charge >= 0.3 is 0 Å². The van der Waals surface area contributed by atoms with Crippen LogP contribution in [0, 0.1) is 0 Å². The zero-order valence-corrected chi connectivity index (χ0v) is 12.9. The maximum absolute atomic E-state index is 6.29. The van der Waals surface area contributed by atoms with E-state index in [-0.39, 0.29) is 0 Å². The number of nitrogens with zero attached hydrogens (tertiary/aromatic N) is 3. The number of hydrogen-bond donors (Lipinski definition) is 1. The molecule has 0 saturated heterocycles. The van der Waals surface area contributed by atoms with Crippen LogP contribution in [0.5, 0.6) is 0 Å². The van der Waals surface area contributed by atoms with E-state index in [1.165, 1.54) is 4.88 Å². The van der Waals surface area contributed by atoms with Crippen LogP contribution in [0.4, 0.5) is 11.5 Å². The van der Waals surface area contributed by atoms with Crippen LogP contribution in [0.15, 0.2) is 17.5 Å². The molecule has 4 nitrogen and oxygen atoms in total. The summed E-state index contributed by atoms with van der Waals surface area (Å²) in [5.41, 5.74) is 8.09. The van der Waals surface area contributed by atoms with E-state index in [9.17, 15) is 0 Å². The third-order valence-electron chi connectivity index (χ3n) is 3.24. The van der Waals surface area contributed by atoms with Gasteiger partial charge in [0.25, 0.3) is 0 Å². The number of rotatable bonds is 5. The molecule has 0 aromatic carbocycles. The lowest BCUT2D eigenvalue weighted by Crippen LogP contribution is -2.24. The van der Waals surface area contributed by atoms with Crippen LogP contribution in [0.2, 0.25) is 0 Å². The lowest BCUT2D eigenvalue weighted by molar-refractivity contribution is 0.687. The maximum Gasteiger partial charge on any atom is 0.150 e. The Morgan fingerprint density at radius 3 is 2.68 bits per heavy atom. The van der Waals surface area contributed by atoms with Gasteiger partial charge in [0.05, 0.1) is 17.9 Å². The monoisotopic (exact) mass is 278 g/mol. The molecule has 104 valence electrons. The first-order valence-corrected chi connectivity index (χ1v) is 7.52. The molecule has 0 aliphatic heterocycles. The number of hydrogen-bond acceptors (Lipinski definition) is 4. The molecule has 0 atom stereocenters. The van der Waals surface area contributed by atoms with Crippen LogP contribution < -0.4 is 10.6 Å². The van der Waals surface area contributed by atoms with E-state index < -0.39 is 0 Å².